The zero-order valence-corrected chi connectivity index (χ0v) is 16.3. The quantitative estimate of drug-likeness (QED) is 0.805. The van der Waals surface area contributed by atoms with Gasteiger partial charge in [0, 0.05) is 31.9 Å². The van der Waals surface area contributed by atoms with Crippen molar-refractivity contribution in [2.75, 3.05) is 31.1 Å². The Hall–Kier alpha value is -2.02. The molecule has 1 aromatic heterocycles. The summed E-state index contributed by atoms with van der Waals surface area (Å²) in [5.41, 5.74) is 1.09. The molecule has 1 atom stereocenters. The van der Waals surface area contributed by atoms with Crippen LogP contribution in [0, 0.1) is 11.7 Å². The molecule has 6 nitrogen and oxygen atoms in total. The van der Waals surface area contributed by atoms with Crippen LogP contribution in [0.5, 0.6) is 0 Å². The molecule has 0 bridgehead atoms. The average molecular weight is 372 g/mol. The van der Waals surface area contributed by atoms with Gasteiger partial charge in [0.2, 0.25) is 0 Å². The minimum atomic E-state index is -0.184. The van der Waals surface area contributed by atoms with Crippen molar-refractivity contribution < 1.29 is 4.39 Å². The first kappa shape index (κ1) is 18.3. The second-order valence-electron chi connectivity index (χ2n) is 8.11. The number of hydrogen-bond donors (Lipinski definition) is 0. The second-order valence-corrected chi connectivity index (χ2v) is 8.11. The van der Waals surface area contributed by atoms with E-state index in [4.69, 9.17) is 0 Å². The van der Waals surface area contributed by atoms with Crippen molar-refractivity contribution >= 4 is 5.69 Å². The van der Waals surface area contributed by atoms with Gasteiger partial charge in [-0.2, -0.15) is 0 Å². The molecule has 27 heavy (non-hydrogen) atoms. The van der Waals surface area contributed by atoms with Gasteiger partial charge in [-0.1, -0.05) is 26.7 Å². The average Bonchev–Trinajstić information content (AvgIpc) is 3.34. The van der Waals surface area contributed by atoms with Gasteiger partial charge in [-0.3, -0.25) is 4.90 Å². The Morgan fingerprint density at radius 3 is 2.30 bits per heavy atom. The summed E-state index contributed by atoms with van der Waals surface area (Å²) in [6, 6.07) is 7.49. The molecule has 2 aliphatic rings. The number of aromatic nitrogens is 4. The van der Waals surface area contributed by atoms with Crippen LogP contribution in [0.3, 0.4) is 0 Å². The van der Waals surface area contributed by atoms with E-state index >= 15 is 0 Å². The first-order valence-electron chi connectivity index (χ1n) is 10.2. The van der Waals surface area contributed by atoms with Crippen molar-refractivity contribution in [2.45, 2.75) is 51.6 Å². The summed E-state index contributed by atoms with van der Waals surface area (Å²) in [5, 5.41) is 12.8. The normalized spacial score (nSPS) is 20.5. The lowest BCUT2D eigenvalue weighted by atomic mass is 10.00. The van der Waals surface area contributed by atoms with Gasteiger partial charge in [0.15, 0.2) is 5.82 Å². The molecule has 1 saturated heterocycles. The van der Waals surface area contributed by atoms with Crippen LogP contribution in [0.15, 0.2) is 24.3 Å². The fourth-order valence-electron chi connectivity index (χ4n) is 4.60. The highest BCUT2D eigenvalue weighted by Gasteiger charge is 2.33. The monoisotopic (exact) mass is 372 g/mol. The number of halogens is 1. The number of benzene rings is 1. The summed E-state index contributed by atoms with van der Waals surface area (Å²) in [4.78, 5) is 4.84. The number of hydrogen-bond acceptors (Lipinski definition) is 5. The lowest BCUT2D eigenvalue weighted by Crippen LogP contribution is -2.49. The Morgan fingerprint density at radius 2 is 1.67 bits per heavy atom. The van der Waals surface area contributed by atoms with E-state index in [1.807, 2.05) is 12.1 Å². The lowest BCUT2D eigenvalue weighted by molar-refractivity contribution is 0.132. The molecule has 0 N–H and O–H groups in total. The molecular formula is C20H29FN6. The van der Waals surface area contributed by atoms with E-state index in [2.05, 4.69) is 43.9 Å². The van der Waals surface area contributed by atoms with Crippen LogP contribution in [-0.4, -0.2) is 51.3 Å². The molecule has 2 fully saturated rings. The number of rotatable bonds is 5. The molecule has 2 aromatic rings. The lowest BCUT2D eigenvalue weighted by Gasteiger charge is -2.41. The van der Waals surface area contributed by atoms with E-state index in [9.17, 15) is 4.39 Å². The van der Waals surface area contributed by atoms with E-state index in [0.717, 1.165) is 37.7 Å². The van der Waals surface area contributed by atoms with E-state index in [1.54, 1.807) is 0 Å². The van der Waals surface area contributed by atoms with E-state index in [1.165, 1.54) is 37.8 Å². The highest BCUT2D eigenvalue weighted by atomic mass is 19.1. The van der Waals surface area contributed by atoms with Gasteiger partial charge >= 0.3 is 0 Å². The molecule has 0 spiro atoms. The van der Waals surface area contributed by atoms with Crippen molar-refractivity contribution in [3.63, 3.8) is 0 Å². The molecule has 1 saturated carbocycles. The Kier molecular flexibility index (Phi) is 5.38. The van der Waals surface area contributed by atoms with E-state index in [0.29, 0.717) is 12.0 Å². The van der Waals surface area contributed by atoms with Gasteiger partial charge in [0.1, 0.15) is 5.82 Å². The third-order valence-corrected chi connectivity index (χ3v) is 5.98. The van der Waals surface area contributed by atoms with Crippen LogP contribution in [0.25, 0.3) is 0 Å². The highest BCUT2D eigenvalue weighted by Crippen LogP contribution is 2.34. The molecule has 0 unspecified atom stereocenters. The summed E-state index contributed by atoms with van der Waals surface area (Å²) in [6.07, 6.45) is 4.90. The number of tetrazole rings is 1. The summed E-state index contributed by atoms with van der Waals surface area (Å²) < 4.78 is 15.3. The topological polar surface area (TPSA) is 50.1 Å². The Labute approximate surface area is 160 Å². The number of piperazine rings is 1. The molecule has 1 aliphatic heterocycles. The number of anilines is 1. The van der Waals surface area contributed by atoms with Crippen molar-refractivity contribution in [1.29, 1.82) is 0 Å². The third-order valence-electron chi connectivity index (χ3n) is 5.98. The zero-order chi connectivity index (χ0) is 18.8. The highest BCUT2D eigenvalue weighted by molar-refractivity contribution is 5.46. The van der Waals surface area contributed by atoms with Gasteiger partial charge < -0.3 is 4.90 Å². The molecule has 146 valence electrons. The fourth-order valence-corrected chi connectivity index (χ4v) is 4.60. The van der Waals surface area contributed by atoms with Crippen molar-refractivity contribution in [3.05, 3.63) is 35.9 Å². The maximum atomic E-state index is 13.2. The maximum absolute atomic E-state index is 13.2. The van der Waals surface area contributed by atoms with Gasteiger partial charge in [-0.15, -0.1) is 5.10 Å². The first-order valence-corrected chi connectivity index (χ1v) is 10.2. The smallest absolute Gasteiger partial charge is 0.168 e. The van der Waals surface area contributed by atoms with Crippen LogP contribution in [0.1, 0.15) is 57.4 Å². The predicted molar refractivity (Wildman–Crippen MR) is 103 cm³/mol. The molecule has 0 amide bonds. The standard InChI is InChI=1S/C20H29FN6/c1-15(2)19(20-22-23-24-27(20)18-5-3-4-6-18)26-13-11-25(12-14-26)17-9-7-16(21)8-10-17/h7-10,15,18-19H,3-6,11-14H2,1-2H3/t19-/m1/s1. The van der Waals surface area contributed by atoms with Crippen molar-refractivity contribution in [2.24, 2.45) is 5.92 Å². The first-order chi connectivity index (χ1) is 13.1. The SMILES string of the molecule is CC(C)[C@H](c1nnnn1C1CCCC1)N1CCN(c2ccc(F)cc2)CC1. The van der Waals surface area contributed by atoms with Crippen LogP contribution >= 0.6 is 0 Å². The largest absolute Gasteiger partial charge is 0.369 e. The fraction of sp³-hybridized carbons (Fsp3) is 0.650. The van der Waals surface area contributed by atoms with E-state index in [-0.39, 0.29) is 11.9 Å². The maximum Gasteiger partial charge on any atom is 0.168 e. The van der Waals surface area contributed by atoms with Crippen molar-refractivity contribution in [3.8, 4) is 0 Å². The summed E-state index contributed by atoms with van der Waals surface area (Å²) >= 11 is 0. The van der Waals surface area contributed by atoms with Gasteiger partial charge in [0.25, 0.3) is 0 Å². The molecule has 4 rings (SSSR count). The number of nitrogens with zero attached hydrogens (tertiary/aromatic N) is 6. The molecule has 7 heteroatoms. The Balaban J connectivity index is 1.48. The minimum absolute atomic E-state index is 0.184. The summed E-state index contributed by atoms with van der Waals surface area (Å²) in [6.45, 7) is 8.28. The van der Waals surface area contributed by atoms with Crippen LogP contribution in [0.4, 0.5) is 10.1 Å². The van der Waals surface area contributed by atoms with Gasteiger partial charge in [-0.05, 0) is 53.5 Å². The van der Waals surface area contributed by atoms with E-state index < -0.39 is 0 Å². The molecule has 0 radical (unpaired) electrons. The molecule has 1 aromatic carbocycles. The second kappa shape index (κ2) is 7.92. The van der Waals surface area contributed by atoms with Crippen LogP contribution in [0.2, 0.25) is 0 Å². The molecule has 1 aliphatic carbocycles. The molecular weight excluding hydrogens is 343 g/mol. The van der Waals surface area contributed by atoms with Crippen LogP contribution < -0.4 is 4.90 Å². The third kappa shape index (κ3) is 3.83. The predicted octanol–water partition coefficient (Wildman–Crippen LogP) is 3.45. The zero-order valence-electron chi connectivity index (χ0n) is 16.3. The molecule has 2 heterocycles. The van der Waals surface area contributed by atoms with Crippen molar-refractivity contribution in [1.82, 2.24) is 25.1 Å². The summed E-state index contributed by atoms with van der Waals surface area (Å²) in [5.74, 6) is 1.27. The van der Waals surface area contributed by atoms with Gasteiger partial charge in [0.05, 0.1) is 12.1 Å². The van der Waals surface area contributed by atoms with Gasteiger partial charge in [-0.25, -0.2) is 9.07 Å². The summed E-state index contributed by atoms with van der Waals surface area (Å²) in [7, 11) is 0. The minimum Gasteiger partial charge on any atom is -0.369 e. The Morgan fingerprint density at radius 1 is 1.00 bits per heavy atom. The Bertz CT molecular complexity index is 729. The van der Waals surface area contributed by atoms with Crippen LogP contribution in [-0.2, 0) is 0 Å².